The molecule has 0 aliphatic rings. The maximum Gasteiger partial charge on any atom is 0.119 e. The lowest BCUT2D eigenvalue weighted by Gasteiger charge is -2.16. The molecule has 5 nitrogen and oxygen atoms in total. The summed E-state index contributed by atoms with van der Waals surface area (Å²) in [6, 6.07) is 8.36. The van der Waals surface area contributed by atoms with E-state index in [-0.39, 0.29) is 6.04 Å². The highest BCUT2D eigenvalue weighted by Gasteiger charge is 2.12. The predicted octanol–water partition coefficient (Wildman–Crippen LogP) is 1.72. The first-order valence-corrected chi connectivity index (χ1v) is 6.48. The number of rotatable bonds is 6. The molecule has 2 rings (SSSR count). The molecule has 102 valence electrons. The van der Waals surface area contributed by atoms with Crippen molar-refractivity contribution in [3.63, 3.8) is 0 Å². The molecule has 1 atom stereocenters. The maximum absolute atomic E-state index is 5.54. The predicted molar refractivity (Wildman–Crippen MR) is 74.1 cm³/mol. The molecule has 1 aromatic heterocycles. The van der Waals surface area contributed by atoms with Crippen LogP contribution in [0.5, 0.6) is 5.75 Å². The molecule has 1 aromatic carbocycles. The molecule has 5 heteroatoms. The minimum Gasteiger partial charge on any atom is -0.494 e. The zero-order valence-corrected chi connectivity index (χ0v) is 11.6. The first kappa shape index (κ1) is 13.5. The fourth-order valence-electron chi connectivity index (χ4n) is 2.07. The highest BCUT2D eigenvalue weighted by atomic mass is 16.5. The van der Waals surface area contributed by atoms with Gasteiger partial charge in [-0.15, -0.1) is 5.10 Å². The lowest BCUT2D eigenvalue weighted by molar-refractivity contribution is 0.339. The Balaban J connectivity index is 2.14. The van der Waals surface area contributed by atoms with Crippen LogP contribution in [0.4, 0.5) is 0 Å². The number of aromatic nitrogens is 3. The Morgan fingerprint density at radius 2 is 2.26 bits per heavy atom. The number of nitrogens with one attached hydrogen (secondary N) is 1. The number of nitrogens with zero attached hydrogens (tertiary/aromatic N) is 3. The Kier molecular flexibility index (Phi) is 4.52. The number of likely N-dealkylation sites (N-methyl/N-ethyl adjacent to an activating group) is 1. The molecule has 0 amide bonds. The van der Waals surface area contributed by atoms with Gasteiger partial charge >= 0.3 is 0 Å². The molecule has 0 aliphatic heterocycles. The van der Waals surface area contributed by atoms with Gasteiger partial charge in [-0.05, 0) is 31.7 Å². The lowest BCUT2D eigenvalue weighted by atomic mass is 10.0. The van der Waals surface area contributed by atoms with E-state index in [1.54, 1.807) is 4.68 Å². The minimum absolute atomic E-state index is 0.206. The molecule has 1 N–H and O–H groups in total. The molecule has 0 aliphatic carbocycles. The van der Waals surface area contributed by atoms with Gasteiger partial charge in [-0.25, -0.2) is 0 Å². The standard InChI is InChI=1S/C14H20N4O/c1-4-19-13-7-5-6-11(8-13)14(15-2)9-12-10-18(3)17-16-12/h5-8,10,14-15H,4,9H2,1-3H3. The van der Waals surface area contributed by atoms with Gasteiger partial charge in [0.15, 0.2) is 0 Å². The van der Waals surface area contributed by atoms with Crippen LogP contribution in [-0.2, 0) is 13.5 Å². The summed E-state index contributed by atoms with van der Waals surface area (Å²) in [5.41, 5.74) is 2.17. The molecule has 1 unspecified atom stereocenters. The monoisotopic (exact) mass is 260 g/mol. The van der Waals surface area contributed by atoms with E-state index in [1.807, 2.05) is 39.3 Å². The number of aryl methyl sites for hydroxylation is 1. The molecular formula is C14H20N4O. The molecular weight excluding hydrogens is 240 g/mol. The van der Waals surface area contributed by atoms with Crippen molar-refractivity contribution in [1.82, 2.24) is 20.3 Å². The van der Waals surface area contributed by atoms with Crippen LogP contribution in [0.15, 0.2) is 30.5 Å². The van der Waals surface area contributed by atoms with Crippen LogP contribution in [0.1, 0.15) is 24.2 Å². The zero-order chi connectivity index (χ0) is 13.7. The second-order valence-electron chi connectivity index (χ2n) is 4.43. The number of hydrogen-bond acceptors (Lipinski definition) is 4. The topological polar surface area (TPSA) is 52.0 Å². The summed E-state index contributed by atoms with van der Waals surface area (Å²) in [7, 11) is 3.83. The van der Waals surface area contributed by atoms with Gasteiger partial charge in [0.1, 0.15) is 5.75 Å². The van der Waals surface area contributed by atoms with Crippen LogP contribution < -0.4 is 10.1 Å². The van der Waals surface area contributed by atoms with Gasteiger partial charge in [-0.1, -0.05) is 17.3 Å². The highest BCUT2D eigenvalue weighted by Crippen LogP contribution is 2.21. The largest absolute Gasteiger partial charge is 0.494 e. The third-order valence-electron chi connectivity index (χ3n) is 2.98. The molecule has 1 heterocycles. The second kappa shape index (κ2) is 6.33. The second-order valence-corrected chi connectivity index (χ2v) is 4.43. The van der Waals surface area contributed by atoms with Gasteiger partial charge in [0, 0.05) is 25.7 Å². The Morgan fingerprint density at radius 3 is 2.89 bits per heavy atom. The van der Waals surface area contributed by atoms with Crippen molar-refractivity contribution in [3.05, 3.63) is 41.7 Å². The van der Waals surface area contributed by atoms with Gasteiger partial charge in [-0.3, -0.25) is 4.68 Å². The smallest absolute Gasteiger partial charge is 0.119 e. The number of benzene rings is 1. The minimum atomic E-state index is 0.206. The van der Waals surface area contributed by atoms with E-state index in [4.69, 9.17) is 4.74 Å². The summed E-state index contributed by atoms with van der Waals surface area (Å²) in [6.45, 7) is 2.67. The van der Waals surface area contributed by atoms with Crippen molar-refractivity contribution in [2.75, 3.05) is 13.7 Å². The van der Waals surface area contributed by atoms with Crippen molar-refractivity contribution < 1.29 is 4.74 Å². The lowest BCUT2D eigenvalue weighted by Crippen LogP contribution is -2.19. The van der Waals surface area contributed by atoms with Crippen LogP contribution >= 0.6 is 0 Å². The molecule has 0 spiro atoms. The Bertz CT molecular complexity index is 524. The van der Waals surface area contributed by atoms with E-state index in [1.165, 1.54) is 5.56 Å². The zero-order valence-electron chi connectivity index (χ0n) is 11.6. The molecule has 0 saturated heterocycles. The van der Waals surface area contributed by atoms with E-state index in [0.717, 1.165) is 17.9 Å². The van der Waals surface area contributed by atoms with E-state index in [9.17, 15) is 0 Å². The van der Waals surface area contributed by atoms with Gasteiger partial charge in [0.2, 0.25) is 0 Å². The fraction of sp³-hybridized carbons (Fsp3) is 0.429. The van der Waals surface area contributed by atoms with Crippen LogP contribution in [0.25, 0.3) is 0 Å². The van der Waals surface area contributed by atoms with Crippen molar-refractivity contribution in [1.29, 1.82) is 0 Å². The Labute approximate surface area is 113 Å². The Hall–Kier alpha value is -1.88. The van der Waals surface area contributed by atoms with Crippen LogP contribution in [0.2, 0.25) is 0 Å². The summed E-state index contributed by atoms with van der Waals surface area (Å²) >= 11 is 0. The average Bonchev–Trinajstić information content (AvgIpc) is 2.82. The average molecular weight is 260 g/mol. The SMILES string of the molecule is CCOc1cccc(C(Cc2cn(C)nn2)NC)c1. The highest BCUT2D eigenvalue weighted by molar-refractivity contribution is 5.31. The van der Waals surface area contributed by atoms with Gasteiger partial charge in [0.05, 0.1) is 12.3 Å². The molecule has 0 radical (unpaired) electrons. The normalized spacial score (nSPS) is 12.4. The molecule has 19 heavy (non-hydrogen) atoms. The van der Waals surface area contributed by atoms with E-state index in [0.29, 0.717) is 6.61 Å². The van der Waals surface area contributed by atoms with Crippen molar-refractivity contribution >= 4 is 0 Å². The third-order valence-corrected chi connectivity index (χ3v) is 2.98. The van der Waals surface area contributed by atoms with Gasteiger partial charge in [-0.2, -0.15) is 0 Å². The molecule has 0 saturated carbocycles. The van der Waals surface area contributed by atoms with E-state index in [2.05, 4.69) is 27.8 Å². The fourth-order valence-corrected chi connectivity index (χ4v) is 2.07. The summed E-state index contributed by atoms with van der Waals surface area (Å²) in [4.78, 5) is 0. The van der Waals surface area contributed by atoms with Crippen molar-refractivity contribution in [2.24, 2.45) is 7.05 Å². The van der Waals surface area contributed by atoms with Gasteiger partial charge in [0.25, 0.3) is 0 Å². The summed E-state index contributed by atoms with van der Waals surface area (Å²) in [5, 5.41) is 11.4. The quantitative estimate of drug-likeness (QED) is 0.859. The molecule has 2 aromatic rings. The third kappa shape index (κ3) is 3.54. The van der Waals surface area contributed by atoms with Crippen LogP contribution in [0, 0.1) is 0 Å². The van der Waals surface area contributed by atoms with Crippen molar-refractivity contribution in [3.8, 4) is 5.75 Å². The summed E-state index contributed by atoms with van der Waals surface area (Å²) in [6.07, 6.45) is 2.75. The van der Waals surface area contributed by atoms with Crippen LogP contribution in [0.3, 0.4) is 0 Å². The van der Waals surface area contributed by atoms with Crippen molar-refractivity contribution in [2.45, 2.75) is 19.4 Å². The first-order chi connectivity index (χ1) is 9.22. The van der Waals surface area contributed by atoms with Gasteiger partial charge < -0.3 is 10.1 Å². The number of ether oxygens (including phenoxy) is 1. The number of hydrogen-bond donors (Lipinski definition) is 1. The van der Waals surface area contributed by atoms with Crippen LogP contribution in [-0.4, -0.2) is 28.6 Å². The van der Waals surface area contributed by atoms with E-state index < -0.39 is 0 Å². The molecule has 0 fully saturated rings. The Morgan fingerprint density at radius 1 is 1.42 bits per heavy atom. The summed E-state index contributed by atoms with van der Waals surface area (Å²) in [5.74, 6) is 0.902. The maximum atomic E-state index is 5.54. The molecule has 0 bridgehead atoms. The van der Waals surface area contributed by atoms with E-state index >= 15 is 0 Å². The first-order valence-electron chi connectivity index (χ1n) is 6.48. The summed E-state index contributed by atoms with van der Waals surface area (Å²) < 4.78 is 7.26.